The molecule has 1 aromatic rings. The maximum atomic E-state index is 5.93. The second kappa shape index (κ2) is 5.45. The highest BCUT2D eigenvalue weighted by Gasteiger charge is 2.08. The van der Waals surface area contributed by atoms with Crippen LogP contribution in [0.1, 0.15) is 0 Å². The van der Waals surface area contributed by atoms with Crippen molar-refractivity contribution in [3.8, 4) is 0 Å². The lowest BCUT2D eigenvalue weighted by Gasteiger charge is -2.21. The van der Waals surface area contributed by atoms with Crippen LogP contribution in [-0.4, -0.2) is 27.2 Å². The minimum atomic E-state index is 0.486. The molecular formula is C10H15Cl2N3. The Labute approximate surface area is 100 Å². The molecule has 0 unspecified atom stereocenters. The number of rotatable bonds is 4. The molecule has 3 nitrogen and oxygen atoms in total. The minimum absolute atomic E-state index is 0.486. The zero-order valence-corrected chi connectivity index (χ0v) is 10.4. The lowest BCUT2D eigenvalue weighted by molar-refractivity contribution is 0.768. The Balaban J connectivity index is 2.88. The SMILES string of the molecule is CNCCN(C)c1cc(Cl)c(Cl)cc1N. The molecule has 1 rings (SSSR count). The van der Waals surface area contributed by atoms with Crippen molar-refractivity contribution < 1.29 is 0 Å². The summed E-state index contributed by atoms with van der Waals surface area (Å²) in [4.78, 5) is 2.04. The summed E-state index contributed by atoms with van der Waals surface area (Å²) < 4.78 is 0. The molecular weight excluding hydrogens is 233 g/mol. The molecule has 0 atom stereocenters. The van der Waals surface area contributed by atoms with Gasteiger partial charge in [0.05, 0.1) is 21.4 Å². The quantitative estimate of drug-likeness (QED) is 0.803. The normalized spacial score (nSPS) is 10.4. The number of benzene rings is 1. The van der Waals surface area contributed by atoms with E-state index in [1.165, 1.54) is 0 Å². The second-order valence-electron chi connectivity index (χ2n) is 3.35. The van der Waals surface area contributed by atoms with Gasteiger partial charge in [0.2, 0.25) is 0 Å². The van der Waals surface area contributed by atoms with Crippen molar-refractivity contribution in [2.24, 2.45) is 0 Å². The molecule has 0 heterocycles. The second-order valence-corrected chi connectivity index (χ2v) is 4.16. The van der Waals surface area contributed by atoms with Gasteiger partial charge in [0.1, 0.15) is 0 Å². The van der Waals surface area contributed by atoms with Gasteiger partial charge in [-0.15, -0.1) is 0 Å². The molecule has 0 saturated heterocycles. The van der Waals surface area contributed by atoms with Crippen LogP contribution in [0.25, 0.3) is 0 Å². The smallest absolute Gasteiger partial charge is 0.0614 e. The Hall–Kier alpha value is -0.640. The van der Waals surface area contributed by atoms with E-state index in [4.69, 9.17) is 28.9 Å². The number of likely N-dealkylation sites (N-methyl/N-ethyl adjacent to an activating group) is 2. The van der Waals surface area contributed by atoms with E-state index in [0.29, 0.717) is 15.7 Å². The summed E-state index contributed by atoms with van der Waals surface area (Å²) in [5.41, 5.74) is 7.40. The first-order valence-corrected chi connectivity index (χ1v) is 5.42. The fraction of sp³-hybridized carbons (Fsp3) is 0.400. The fourth-order valence-electron chi connectivity index (χ4n) is 1.28. The molecule has 0 spiro atoms. The average molecular weight is 248 g/mol. The predicted octanol–water partition coefficient (Wildman–Crippen LogP) is 2.23. The molecule has 0 radical (unpaired) electrons. The standard InChI is InChI=1S/C10H15Cl2N3/c1-14-3-4-15(2)10-6-8(12)7(11)5-9(10)13/h5-6,14H,3-4,13H2,1-2H3. The number of hydrogen-bond acceptors (Lipinski definition) is 3. The predicted molar refractivity (Wildman–Crippen MR) is 68.1 cm³/mol. The molecule has 0 amide bonds. The lowest BCUT2D eigenvalue weighted by Crippen LogP contribution is -2.27. The van der Waals surface area contributed by atoms with Crippen LogP contribution in [0, 0.1) is 0 Å². The van der Waals surface area contributed by atoms with Crippen molar-refractivity contribution in [3.05, 3.63) is 22.2 Å². The fourth-order valence-corrected chi connectivity index (χ4v) is 1.61. The van der Waals surface area contributed by atoms with Gasteiger partial charge in [-0.2, -0.15) is 0 Å². The molecule has 3 N–H and O–H groups in total. The van der Waals surface area contributed by atoms with Gasteiger partial charge in [-0.3, -0.25) is 0 Å². The van der Waals surface area contributed by atoms with Crippen LogP contribution >= 0.6 is 23.2 Å². The van der Waals surface area contributed by atoms with Gasteiger partial charge in [-0.25, -0.2) is 0 Å². The van der Waals surface area contributed by atoms with Gasteiger partial charge < -0.3 is 16.0 Å². The van der Waals surface area contributed by atoms with Crippen molar-refractivity contribution in [1.82, 2.24) is 5.32 Å². The summed E-state index contributed by atoms with van der Waals surface area (Å²) in [7, 11) is 3.87. The molecule has 84 valence electrons. The van der Waals surface area contributed by atoms with E-state index in [1.807, 2.05) is 19.0 Å². The number of nitrogens with one attached hydrogen (secondary N) is 1. The van der Waals surface area contributed by atoms with Gasteiger partial charge in [0, 0.05) is 20.1 Å². The largest absolute Gasteiger partial charge is 0.397 e. The Morgan fingerprint density at radius 1 is 1.33 bits per heavy atom. The monoisotopic (exact) mass is 247 g/mol. The number of nitrogen functional groups attached to an aromatic ring is 1. The van der Waals surface area contributed by atoms with Crippen LogP contribution in [0.15, 0.2) is 12.1 Å². The third-order valence-corrected chi connectivity index (χ3v) is 2.90. The summed E-state index contributed by atoms with van der Waals surface area (Å²) in [6.45, 7) is 1.74. The first-order chi connectivity index (χ1) is 7.06. The van der Waals surface area contributed by atoms with Crippen LogP contribution in [0.3, 0.4) is 0 Å². The first-order valence-electron chi connectivity index (χ1n) is 4.66. The lowest BCUT2D eigenvalue weighted by atomic mass is 10.2. The number of nitrogens with two attached hydrogens (primary N) is 1. The van der Waals surface area contributed by atoms with E-state index < -0.39 is 0 Å². The van der Waals surface area contributed by atoms with E-state index in [9.17, 15) is 0 Å². The van der Waals surface area contributed by atoms with E-state index >= 15 is 0 Å². The van der Waals surface area contributed by atoms with Gasteiger partial charge in [0.25, 0.3) is 0 Å². The average Bonchev–Trinajstić information content (AvgIpc) is 2.20. The number of halogens is 2. The summed E-state index contributed by atoms with van der Waals surface area (Å²) >= 11 is 11.8. The molecule has 15 heavy (non-hydrogen) atoms. The molecule has 0 aliphatic carbocycles. The van der Waals surface area contributed by atoms with E-state index in [2.05, 4.69) is 5.32 Å². The Bertz CT molecular complexity index is 342. The minimum Gasteiger partial charge on any atom is -0.397 e. The van der Waals surface area contributed by atoms with Crippen molar-refractivity contribution >= 4 is 34.6 Å². The molecule has 1 aromatic carbocycles. The van der Waals surface area contributed by atoms with Crippen molar-refractivity contribution in [2.45, 2.75) is 0 Å². The van der Waals surface area contributed by atoms with E-state index in [1.54, 1.807) is 12.1 Å². The highest BCUT2D eigenvalue weighted by atomic mass is 35.5. The van der Waals surface area contributed by atoms with Crippen LogP contribution in [0.4, 0.5) is 11.4 Å². The topological polar surface area (TPSA) is 41.3 Å². The summed E-state index contributed by atoms with van der Waals surface area (Å²) in [6.07, 6.45) is 0. The Morgan fingerprint density at radius 2 is 1.93 bits per heavy atom. The van der Waals surface area contributed by atoms with Crippen molar-refractivity contribution in [2.75, 3.05) is 37.8 Å². The third kappa shape index (κ3) is 3.16. The maximum Gasteiger partial charge on any atom is 0.0614 e. The van der Waals surface area contributed by atoms with Crippen LogP contribution < -0.4 is 16.0 Å². The zero-order valence-electron chi connectivity index (χ0n) is 8.85. The number of hydrogen-bond donors (Lipinski definition) is 2. The maximum absolute atomic E-state index is 5.93. The summed E-state index contributed by atoms with van der Waals surface area (Å²) in [5, 5.41) is 4.08. The van der Waals surface area contributed by atoms with Gasteiger partial charge in [-0.1, -0.05) is 23.2 Å². The highest BCUT2D eigenvalue weighted by Crippen LogP contribution is 2.32. The highest BCUT2D eigenvalue weighted by molar-refractivity contribution is 6.42. The zero-order chi connectivity index (χ0) is 11.4. The molecule has 0 aromatic heterocycles. The van der Waals surface area contributed by atoms with Gasteiger partial charge in [0.15, 0.2) is 0 Å². The van der Waals surface area contributed by atoms with E-state index in [0.717, 1.165) is 18.8 Å². The van der Waals surface area contributed by atoms with Crippen LogP contribution in [0.5, 0.6) is 0 Å². The molecule has 0 bridgehead atoms. The molecule has 0 aliphatic rings. The first kappa shape index (κ1) is 12.4. The van der Waals surface area contributed by atoms with Crippen molar-refractivity contribution in [1.29, 1.82) is 0 Å². The van der Waals surface area contributed by atoms with Gasteiger partial charge in [-0.05, 0) is 19.2 Å². The Kier molecular flexibility index (Phi) is 4.51. The third-order valence-electron chi connectivity index (χ3n) is 2.18. The van der Waals surface area contributed by atoms with Crippen LogP contribution in [0.2, 0.25) is 10.0 Å². The van der Waals surface area contributed by atoms with E-state index in [-0.39, 0.29) is 0 Å². The molecule has 0 saturated carbocycles. The Morgan fingerprint density at radius 3 is 2.53 bits per heavy atom. The van der Waals surface area contributed by atoms with Gasteiger partial charge >= 0.3 is 0 Å². The molecule has 5 heteroatoms. The number of nitrogens with zero attached hydrogens (tertiary/aromatic N) is 1. The number of anilines is 2. The van der Waals surface area contributed by atoms with Crippen molar-refractivity contribution in [3.63, 3.8) is 0 Å². The summed E-state index contributed by atoms with van der Waals surface area (Å²) in [5.74, 6) is 0. The molecule has 0 fully saturated rings. The molecule has 0 aliphatic heterocycles. The summed E-state index contributed by atoms with van der Waals surface area (Å²) in [6, 6.07) is 3.46. The van der Waals surface area contributed by atoms with Crippen LogP contribution in [-0.2, 0) is 0 Å².